The van der Waals surface area contributed by atoms with Gasteiger partial charge in [-0.15, -0.1) is 0 Å². The number of hydrogen-bond donors (Lipinski definition) is 1. The second-order valence-electron chi connectivity index (χ2n) is 2.68. The van der Waals surface area contributed by atoms with Gasteiger partial charge in [0.2, 0.25) is 0 Å². The molecule has 0 saturated heterocycles. The molecular weight excluding hydrogens is 194 g/mol. The number of rotatable bonds is 3. The van der Waals surface area contributed by atoms with Crippen molar-refractivity contribution in [3.05, 3.63) is 39.4 Å². The predicted molar refractivity (Wildman–Crippen MR) is 45.8 cm³/mol. The van der Waals surface area contributed by atoms with Crippen LogP contribution in [0.4, 0.5) is 14.5 Å². The molecule has 0 heterocycles. The summed E-state index contributed by atoms with van der Waals surface area (Å²) in [4.78, 5) is 9.61. The van der Waals surface area contributed by atoms with Crippen molar-refractivity contribution in [2.75, 3.05) is 6.54 Å². The van der Waals surface area contributed by atoms with Gasteiger partial charge in [0.15, 0.2) is 0 Å². The molecule has 0 aliphatic carbocycles. The van der Waals surface area contributed by atoms with Crippen molar-refractivity contribution >= 4 is 5.69 Å². The van der Waals surface area contributed by atoms with Crippen LogP contribution in [0.1, 0.15) is 5.56 Å². The monoisotopic (exact) mass is 202 g/mol. The Kier molecular flexibility index (Phi) is 3.08. The van der Waals surface area contributed by atoms with Gasteiger partial charge in [-0.3, -0.25) is 10.1 Å². The molecule has 0 aliphatic heterocycles. The van der Waals surface area contributed by atoms with Crippen molar-refractivity contribution in [2.24, 2.45) is 5.73 Å². The highest BCUT2D eigenvalue weighted by Crippen LogP contribution is 2.23. The standard InChI is InChI=1S/C8H8F2N2O2/c9-5-3-7(10)6(1-2-11)8(4-5)12(13)14/h3-4H,1-2,11H2. The van der Waals surface area contributed by atoms with Gasteiger partial charge in [0.1, 0.15) is 11.6 Å². The average Bonchev–Trinajstić information content (AvgIpc) is 2.09. The van der Waals surface area contributed by atoms with Crippen LogP contribution < -0.4 is 5.73 Å². The number of hydrogen-bond acceptors (Lipinski definition) is 3. The van der Waals surface area contributed by atoms with Gasteiger partial charge in [0.05, 0.1) is 16.6 Å². The lowest BCUT2D eigenvalue weighted by molar-refractivity contribution is -0.385. The van der Waals surface area contributed by atoms with E-state index in [4.69, 9.17) is 5.73 Å². The Hall–Kier alpha value is -1.56. The minimum absolute atomic E-state index is 0.0163. The molecule has 0 aromatic heterocycles. The molecule has 0 radical (unpaired) electrons. The summed E-state index contributed by atoms with van der Waals surface area (Å²) in [6.07, 6.45) is 0.0163. The second-order valence-corrected chi connectivity index (χ2v) is 2.68. The smallest absolute Gasteiger partial charge is 0.278 e. The van der Waals surface area contributed by atoms with Crippen molar-refractivity contribution in [2.45, 2.75) is 6.42 Å². The number of nitro benzene ring substituents is 1. The Balaban J connectivity index is 3.28. The molecule has 14 heavy (non-hydrogen) atoms. The van der Waals surface area contributed by atoms with Crippen LogP contribution in [0.25, 0.3) is 0 Å². The van der Waals surface area contributed by atoms with E-state index in [0.717, 1.165) is 0 Å². The SMILES string of the molecule is NCCc1c(F)cc(F)cc1[N+](=O)[O-]. The molecule has 2 N–H and O–H groups in total. The van der Waals surface area contributed by atoms with E-state index in [2.05, 4.69) is 0 Å². The summed E-state index contributed by atoms with van der Waals surface area (Å²) in [5, 5.41) is 10.4. The number of benzene rings is 1. The molecule has 0 aliphatic rings. The molecule has 0 bridgehead atoms. The van der Waals surface area contributed by atoms with E-state index < -0.39 is 22.2 Å². The van der Waals surface area contributed by atoms with Gasteiger partial charge in [-0.1, -0.05) is 0 Å². The van der Waals surface area contributed by atoms with E-state index in [1.165, 1.54) is 0 Å². The maximum Gasteiger partial charge on any atom is 0.278 e. The summed E-state index contributed by atoms with van der Waals surface area (Å²) in [6, 6.07) is 1.30. The van der Waals surface area contributed by atoms with Gasteiger partial charge in [-0.25, -0.2) is 8.78 Å². The Morgan fingerprint density at radius 3 is 2.57 bits per heavy atom. The minimum Gasteiger partial charge on any atom is -0.330 e. The van der Waals surface area contributed by atoms with Crippen LogP contribution in [-0.4, -0.2) is 11.5 Å². The van der Waals surface area contributed by atoms with Gasteiger partial charge in [0.25, 0.3) is 5.69 Å². The molecule has 0 atom stereocenters. The van der Waals surface area contributed by atoms with Gasteiger partial charge >= 0.3 is 0 Å². The molecule has 0 amide bonds. The molecule has 1 aromatic carbocycles. The maximum absolute atomic E-state index is 13.1. The van der Waals surface area contributed by atoms with Gasteiger partial charge in [0, 0.05) is 6.07 Å². The highest BCUT2D eigenvalue weighted by molar-refractivity contribution is 5.41. The predicted octanol–water partition coefficient (Wildman–Crippen LogP) is 1.37. The molecule has 0 unspecified atom stereocenters. The first-order chi connectivity index (χ1) is 6.56. The topological polar surface area (TPSA) is 69.2 Å². The van der Waals surface area contributed by atoms with Crippen molar-refractivity contribution in [1.29, 1.82) is 0 Å². The van der Waals surface area contributed by atoms with Crippen LogP contribution in [0.5, 0.6) is 0 Å². The van der Waals surface area contributed by atoms with E-state index in [1.54, 1.807) is 0 Å². The number of nitro groups is 1. The summed E-state index contributed by atoms with van der Waals surface area (Å²) in [7, 11) is 0. The fourth-order valence-corrected chi connectivity index (χ4v) is 1.14. The first kappa shape index (κ1) is 10.5. The third-order valence-corrected chi connectivity index (χ3v) is 1.73. The largest absolute Gasteiger partial charge is 0.330 e. The molecule has 6 heteroatoms. The Labute approximate surface area is 78.5 Å². The minimum atomic E-state index is -0.963. The van der Waals surface area contributed by atoms with Crippen molar-refractivity contribution in [3.8, 4) is 0 Å². The highest BCUT2D eigenvalue weighted by atomic mass is 19.1. The highest BCUT2D eigenvalue weighted by Gasteiger charge is 2.19. The zero-order valence-electron chi connectivity index (χ0n) is 7.17. The van der Waals surface area contributed by atoms with E-state index >= 15 is 0 Å². The van der Waals surface area contributed by atoms with Crippen LogP contribution >= 0.6 is 0 Å². The van der Waals surface area contributed by atoms with Crippen LogP contribution in [0.15, 0.2) is 12.1 Å². The molecule has 1 rings (SSSR count). The quantitative estimate of drug-likeness (QED) is 0.594. The van der Waals surface area contributed by atoms with Crippen LogP contribution in [0.3, 0.4) is 0 Å². The molecule has 0 fully saturated rings. The fraction of sp³-hybridized carbons (Fsp3) is 0.250. The summed E-state index contributed by atoms with van der Waals surface area (Å²) in [5.74, 6) is -1.89. The second kappa shape index (κ2) is 4.10. The lowest BCUT2D eigenvalue weighted by Crippen LogP contribution is -2.08. The Morgan fingerprint density at radius 2 is 2.07 bits per heavy atom. The average molecular weight is 202 g/mol. The normalized spacial score (nSPS) is 10.2. The van der Waals surface area contributed by atoms with Crippen molar-refractivity contribution in [1.82, 2.24) is 0 Å². The zero-order valence-corrected chi connectivity index (χ0v) is 7.17. The Bertz CT molecular complexity index is 369. The van der Waals surface area contributed by atoms with E-state index in [-0.39, 0.29) is 18.5 Å². The van der Waals surface area contributed by atoms with Crippen LogP contribution in [0.2, 0.25) is 0 Å². The summed E-state index contributed by atoms with van der Waals surface area (Å²) in [6.45, 7) is 0.0728. The Morgan fingerprint density at radius 1 is 1.43 bits per heavy atom. The van der Waals surface area contributed by atoms with Gasteiger partial charge < -0.3 is 5.73 Å². The van der Waals surface area contributed by atoms with Crippen molar-refractivity contribution in [3.63, 3.8) is 0 Å². The number of nitrogens with two attached hydrogens (primary N) is 1. The molecule has 0 saturated carbocycles. The third-order valence-electron chi connectivity index (χ3n) is 1.73. The van der Waals surface area contributed by atoms with E-state index in [0.29, 0.717) is 12.1 Å². The number of halogens is 2. The van der Waals surface area contributed by atoms with Crippen LogP contribution in [0, 0.1) is 21.7 Å². The lowest BCUT2D eigenvalue weighted by Gasteiger charge is -2.02. The molecule has 0 spiro atoms. The molecular formula is C8H8F2N2O2. The molecule has 1 aromatic rings. The van der Waals surface area contributed by atoms with Gasteiger partial charge in [-0.2, -0.15) is 0 Å². The maximum atomic E-state index is 13.1. The van der Waals surface area contributed by atoms with Gasteiger partial charge in [-0.05, 0) is 13.0 Å². The molecule has 4 nitrogen and oxygen atoms in total. The molecule has 76 valence electrons. The first-order valence-electron chi connectivity index (χ1n) is 3.88. The third kappa shape index (κ3) is 2.02. The van der Waals surface area contributed by atoms with E-state index in [9.17, 15) is 18.9 Å². The van der Waals surface area contributed by atoms with Crippen molar-refractivity contribution < 1.29 is 13.7 Å². The summed E-state index contributed by atoms with van der Waals surface area (Å²) >= 11 is 0. The fourth-order valence-electron chi connectivity index (χ4n) is 1.14. The van der Waals surface area contributed by atoms with E-state index in [1.807, 2.05) is 0 Å². The summed E-state index contributed by atoms with van der Waals surface area (Å²) in [5.41, 5.74) is 4.44. The summed E-state index contributed by atoms with van der Waals surface area (Å²) < 4.78 is 25.7. The first-order valence-corrected chi connectivity index (χ1v) is 3.88. The zero-order chi connectivity index (χ0) is 10.7. The number of nitrogens with zero attached hydrogens (tertiary/aromatic N) is 1. The lowest BCUT2D eigenvalue weighted by atomic mass is 10.1. The van der Waals surface area contributed by atoms with Crippen LogP contribution in [-0.2, 0) is 6.42 Å².